The van der Waals surface area contributed by atoms with Gasteiger partial charge in [0.15, 0.2) is 0 Å². The van der Waals surface area contributed by atoms with Crippen molar-refractivity contribution in [1.82, 2.24) is 0 Å². The predicted octanol–water partition coefficient (Wildman–Crippen LogP) is 3.95. The average Bonchev–Trinajstić information content (AvgIpc) is 2.55. The molecule has 1 aromatic rings. The lowest BCUT2D eigenvalue weighted by Gasteiger charge is -2.22. The van der Waals surface area contributed by atoms with Crippen LogP contribution in [0.1, 0.15) is 18.9 Å². The van der Waals surface area contributed by atoms with Crippen LogP contribution < -0.4 is 4.74 Å². The number of ether oxygens (including phenoxy) is 2. The van der Waals surface area contributed by atoms with Crippen LogP contribution in [0, 0.1) is 11.7 Å². The summed E-state index contributed by atoms with van der Waals surface area (Å²) in [6.45, 7) is 8.54. The Bertz CT molecular complexity index is 759. The highest BCUT2D eigenvalue weighted by molar-refractivity contribution is 5.83. The van der Waals surface area contributed by atoms with Gasteiger partial charge < -0.3 is 9.47 Å². The summed E-state index contributed by atoms with van der Waals surface area (Å²) in [5.41, 5.74) is 1.18. The van der Waals surface area contributed by atoms with E-state index in [2.05, 4.69) is 13.2 Å². The Kier molecular flexibility index (Phi) is 5.47. The van der Waals surface area contributed by atoms with Gasteiger partial charge in [-0.05, 0) is 29.7 Å². The van der Waals surface area contributed by atoms with Gasteiger partial charge in [0.2, 0.25) is 0 Å². The van der Waals surface area contributed by atoms with Crippen LogP contribution in [0.15, 0.2) is 61.4 Å². The number of carbonyl (C=O) groups excluding carboxylic acids is 2. The highest BCUT2D eigenvalue weighted by Gasteiger charge is 2.21. The molecule has 24 heavy (non-hydrogen) atoms. The van der Waals surface area contributed by atoms with E-state index >= 15 is 0 Å². The SMILES string of the molecule is C=CC(=O)OC1=CC=C(c2ccc(OC(=O)C=C)cc2F)C(C)C1. The summed E-state index contributed by atoms with van der Waals surface area (Å²) in [6, 6.07) is 4.23. The molecule has 1 aromatic carbocycles. The molecule has 1 aliphatic carbocycles. The normalized spacial score (nSPS) is 16.5. The number of benzene rings is 1. The minimum atomic E-state index is -0.649. The molecule has 124 valence electrons. The third-order valence-electron chi connectivity index (χ3n) is 3.52. The number of esters is 2. The second-order valence-electron chi connectivity index (χ2n) is 5.25. The van der Waals surface area contributed by atoms with Crippen molar-refractivity contribution >= 4 is 17.5 Å². The molecule has 0 saturated heterocycles. The standard InChI is InChI=1S/C19H17FO4/c1-4-18(21)23-13-6-8-15(12(3)10-13)16-9-7-14(11-17(16)20)24-19(22)5-2/h4-9,11-12H,1-2,10H2,3H3. The molecule has 1 atom stereocenters. The van der Waals surface area contributed by atoms with Crippen LogP contribution in [0.2, 0.25) is 0 Å². The lowest BCUT2D eigenvalue weighted by Crippen LogP contribution is -2.10. The van der Waals surface area contributed by atoms with E-state index in [0.717, 1.165) is 23.8 Å². The van der Waals surface area contributed by atoms with Crippen LogP contribution in [-0.2, 0) is 14.3 Å². The molecule has 0 N–H and O–H groups in total. The van der Waals surface area contributed by atoms with Gasteiger partial charge >= 0.3 is 11.9 Å². The van der Waals surface area contributed by atoms with E-state index in [4.69, 9.17) is 9.47 Å². The summed E-state index contributed by atoms with van der Waals surface area (Å²) >= 11 is 0. The third kappa shape index (κ3) is 4.07. The highest BCUT2D eigenvalue weighted by Crippen LogP contribution is 2.35. The van der Waals surface area contributed by atoms with E-state index in [1.165, 1.54) is 6.07 Å². The first kappa shape index (κ1) is 17.4. The van der Waals surface area contributed by atoms with Crippen molar-refractivity contribution in [3.8, 4) is 5.75 Å². The summed E-state index contributed by atoms with van der Waals surface area (Å²) in [4.78, 5) is 22.4. The van der Waals surface area contributed by atoms with E-state index in [1.54, 1.807) is 18.2 Å². The molecular formula is C19H17FO4. The number of hydrogen-bond donors (Lipinski definition) is 0. The summed E-state index contributed by atoms with van der Waals surface area (Å²) < 4.78 is 24.3. The largest absolute Gasteiger partial charge is 0.428 e. The lowest BCUT2D eigenvalue weighted by molar-refractivity contribution is -0.134. The molecule has 2 rings (SSSR count). The van der Waals surface area contributed by atoms with E-state index in [-0.39, 0.29) is 11.7 Å². The Morgan fingerprint density at radius 2 is 1.83 bits per heavy atom. The second-order valence-corrected chi connectivity index (χ2v) is 5.25. The third-order valence-corrected chi connectivity index (χ3v) is 3.52. The van der Waals surface area contributed by atoms with Gasteiger partial charge in [0.25, 0.3) is 0 Å². The molecule has 0 aromatic heterocycles. The molecule has 0 spiro atoms. The zero-order chi connectivity index (χ0) is 17.7. The highest BCUT2D eigenvalue weighted by atomic mass is 19.1. The molecule has 4 nitrogen and oxygen atoms in total. The van der Waals surface area contributed by atoms with Gasteiger partial charge in [0.1, 0.15) is 17.3 Å². The maximum Gasteiger partial charge on any atom is 0.335 e. The average molecular weight is 328 g/mol. The van der Waals surface area contributed by atoms with E-state index in [0.29, 0.717) is 17.7 Å². The fourth-order valence-electron chi connectivity index (χ4n) is 2.38. The van der Waals surface area contributed by atoms with E-state index in [9.17, 15) is 14.0 Å². The fraction of sp³-hybridized carbons (Fsp3) is 0.158. The smallest absolute Gasteiger partial charge is 0.335 e. The first-order valence-corrected chi connectivity index (χ1v) is 7.33. The maximum absolute atomic E-state index is 14.3. The van der Waals surface area contributed by atoms with Gasteiger partial charge in [-0.1, -0.05) is 26.2 Å². The Hall–Kier alpha value is -2.95. The summed E-state index contributed by atoms with van der Waals surface area (Å²) in [6.07, 6.45) is 5.93. The van der Waals surface area contributed by atoms with Crippen molar-refractivity contribution in [2.75, 3.05) is 0 Å². The molecule has 1 aliphatic rings. The first-order valence-electron chi connectivity index (χ1n) is 7.33. The van der Waals surface area contributed by atoms with Gasteiger partial charge in [0, 0.05) is 30.2 Å². The Labute approximate surface area is 139 Å². The molecule has 0 aliphatic heterocycles. The predicted molar refractivity (Wildman–Crippen MR) is 88.4 cm³/mol. The Morgan fingerprint density at radius 1 is 1.17 bits per heavy atom. The molecule has 0 bridgehead atoms. The van der Waals surface area contributed by atoms with Crippen molar-refractivity contribution < 1.29 is 23.5 Å². The molecule has 0 fully saturated rings. The number of carbonyl (C=O) groups is 2. The van der Waals surface area contributed by atoms with Crippen molar-refractivity contribution in [3.63, 3.8) is 0 Å². The fourth-order valence-corrected chi connectivity index (χ4v) is 2.38. The molecule has 1 unspecified atom stereocenters. The Morgan fingerprint density at radius 3 is 2.42 bits per heavy atom. The van der Waals surface area contributed by atoms with Gasteiger partial charge in [-0.15, -0.1) is 0 Å². The molecule has 0 heterocycles. The summed E-state index contributed by atoms with van der Waals surface area (Å²) in [7, 11) is 0. The van der Waals surface area contributed by atoms with E-state index < -0.39 is 17.8 Å². The van der Waals surface area contributed by atoms with Gasteiger partial charge in [-0.25, -0.2) is 14.0 Å². The van der Waals surface area contributed by atoms with Crippen LogP contribution in [0.5, 0.6) is 5.75 Å². The van der Waals surface area contributed by atoms with Gasteiger partial charge in [-0.2, -0.15) is 0 Å². The molecular weight excluding hydrogens is 311 g/mol. The quantitative estimate of drug-likeness (QED) is 0.466. The zero-order valence-electron chi connectivity index (χ0n) is 13.3. The molecule has 0 amide bonds. The minimum absolute atomic E-state index is 0.0429. The number of allylic oxidation sites excluding steroid dienone is 4. The number of rotatable bonds is 5. The number of hydrogen-bond acceptors (Lipinski definition) is 4. The monoisotopic (exact) mass is 328 g/mol. The van der Waals surface area contributed by atoms with Crippen LogP contribution in [-0.4, -0.2) is 11.9 Å². The molecule has 0 saturated carbocycles. The minimum Gasteiger partial charge on any atom is -0.428 e. The number of halogens is 1. The van der Waals surface area contributed by atoms with Crippen LogP contribution >= 0.6 is 0 Å². The van der Waals surface area contributed by atoms with Crippen LogP contribution in [0.3, 0.4) is 0 Å². The van der Waals surface area contributed by atoms with Crippen LogP contribution in [0.4, 0.5) is 4.39 Å². The Balaban J connectivity index is 2.24. The van der Waals surface area contributed by atoms with Crippen molar-refractivity contribution in [2.45, 2.75) is 13.3 Å². The second kappa shape index (κ2) is 7.55. The topological polar surface area (TPSA) is 52.6 Å². The van der Waals surface area contributed by atoms with Crippen LogP contribution in [0.25, 0.3) is 5.57 Å². The summed E-state index contributed by atoms with van der Waals surface area (Å²) in [5, 5.41) is 0. The van der Waals surface area contributed by atoms with Gasteiger partial charge in [0.05, 0.1) is 0 Å². The van der Waals surface area contributed by atoms with E-state index in [1.807, 2.05) is 6.92 Å². The zero-order valence-corrected chi connectivity index (χ0v) is 13.3. The maximum atomic E-state index is 14.3. The molecule has 5 heteroatoms. The summed E-state index contributed by atoms with van der Waals surface area (Å²) in [5.74, 6) is -1.09. The van der Waals surface area contributed by atoms with Crippen molar-refractivity contribution in [1.29, 1.82) is 0 Å². The van der Waals surface area contributed by atoms with Gasteiger partial charge in [-0.3, -0.25) is 0 Å². The van der Waals surface area contributed by atoms with Crippen molar-refractivity contribution in [2.24, 2.45) is 5.92 Å². The van der Waals surface area contributed by atoms with Crippen molar-refractivity contribution in [3.05, 3.63) is 72.8 Å². The first-order chi connectivity index (χ1) is 11.4. The molecule has 0 radical (unpaired) electrons. The lowest BCUT2D eigenvalue weighted by atomic mass is 9.87.